The fourth-order valence-corrected chi connectivity index (χ4v) is 4.17. The van der Waals surface area contributed by atoms with Gasteiger partial charge in [-0.1, -0.05) is 26.0 Å². The van der Waals surface area contributed by atoms with Crippen LogP contribution in [0.2, 0.25) is 0 Å². The van der Waals surface area contributed by atoms with Gasteiger partial charge in [0.1, 0.15) is 0 Å². The van der Waals surface area contributed by atoms with Crippen molar-refractivity contribution in [3.63, 3.8) is 0 Å². The molecule has 3 aromatic heterocycles. The van der Waals surface area contributed by atoms with Crippen molar-refractivity contribution in [2.45, 2.75) is 20.4 Å². The first-order chi connectivity index (χ1) is 15.3. The average Bonchev–Trinajstić information content (AvgIpc) is 3.47. The Morgan fingerprint density at radius 1 is 1.06 bits per heavy atom. The van der Waals surface area contributed by atoms with Crippen LogP contribution in [-0.2, 0) is 11.3 Å². The predicted octanol–water partition coefficient (Wildman–Crippen LogP) is 2.55. The highest BCUT2D eigenvalue weighted by Crippen LogP contribution is 2.32. The maximum Gasteiger partial charge on any atom is 0.228 e. The number of nitrogens with zero attached hydrogens (tertiary/aromatic N) is 7. The molecule has 1 aliphatic heterocycles. The standard InChI is InChI=1S/C22H28N8O/c1-3-28(4-2)8-9-30-21-18(15-24-30)20(16-6-5-7-19-17(16)14-23-27-19)25-22(26-21)29-10-12-31-13-11-29/h5-7,14-15H,3-4,8-13H2,1-2H3,(H,23,27). The number of benzene rings is 1. The second-order valence-electron chi connectivity index (χ2n) is 7.74. The molecule has 0 bridgehead atoms. The van der Waals surface area contributed by atoms with Gasteiger partial charge in [-0.2, -0.15) is 15.2 Å². The molecule has 162 valence electrons. The van der Waals surface area contributed by atoms with Gasteiger partial charge in [0.2, 0.25) is 5.95 Å². The smallest absolute Gasteiger partial charge is 0.228 e. The normalized spacial score (nSPS) is 14.9. The molecular formula is C22H28N8O. The lowest BCUT2D eigenvalue weighted by molar-refractivity contribution is 0.122. The number of aromatic amines is 1. The molecule has 9 heteroatoms. The Bertz CT molecular complexity index is 1170. The molecule has 5 rings (SSSR count). The zero-order valence-corrected chi connectivity index (χ0v) is 18.1. The van der Waals surface area contributed by atoms with Crippen molar-refractivity contribution in [2.75, 3.05) is 50.8 Å². The molecule has 0 atom stereocenters. The van der Waals surface area contributed by atoms with Crippen LogP contribution in [0.3, 0.4) is 0 Å². The van der Waals surface area contributed by atoms with Gasteiger partial charge in [0.05, 0.1) is 48.7 Å². The lowest BCUT2D eigenvalue weighted by atomic mass is 10.1. The zero-order valence-electron chi connectivity index (χ0n) is 18.1. The van der Waals surface area contributed by atoms with E-state index in [1.165, 1.54) is 0 Å². The van der Waals surface area contributed by atoms with E-state index in [2.05, 4.69) is 39.9 Å². The van der Waals surface area contributed by atoms with E-state index in [0.29, 0.717) is 13.2 Å². The number of ether oxygens (including phenoxy) is 1. The number of fused-ring (bicyclic) bond motifs is 2. The van der Waals surface area contributed by atoms with Crippen molar-refractivity contribution in [3.8, 4) is 11.3 Å². The van der Waals surface area contributed by atoms with Crippen LogP contribution in [0.15, 0.2) is 30.6 Å². The van der Waals surface area contributed by atoms with Crippen LogP contribution in [0.4, 0.5) is 5.95 Å². The minimum atomic E-state index is 0.690. The fraction of sp³-hybridized carbons (Fsp3) is 0.455. The molecule has 31 heavy (non-hydrogen) atoms. The lowest BCUT2D eigenvalue weighted by Gasteiger charge is -2.27. The van der Waals surface area contributed by atoms with Crippen molar-refractivity contribution in [1.82, 2.24) is 34.8 Å². The Morgan fingerprint density at radius 2 is 1.90 bits per heavy atom. The number of anilines is 1. The van der Waals surface area contributed by atoms with E-state index in [1.54, 1.807) is 0 Å². The molecule has 1 aliphatic rings. The van der Waals surface area contributed by atoms with Crippen LogP contribution in [0.1, 0.15) is 13.8 Å². The van der Waals surface area contributed by atoms with Crippen LogP contribution in [-0.4, -0.2) is 80.8 Å². The highest BCUT2D eigenvalue weighted by Gasteiger charge is 2.21. The summed E-state index contributed by atoms with van der Waals surface area (Å²) in [6.07, 6.45) is 3.76. The molecule has 4 aromatic rings. The van der Waals surface area contributed by atoms with E-state index in [1.807, 2.05) is 29.2 Å². The molecule has 0 amide bonds. The van der Waals surface area contributed by atoms with Gasteiger partial charge in [-0.15, -0.1) is 0 Å². The number of rotatable bonds is 7. The minimum Gasteiger partial charge on any atom is -0.378 e. The number of morpholine rings is 1. The molecule has 4 heterocycles. The first-order valence-electron chi connectivity index (χ1n) is 11.0. The molecule has 1 N–H and O–H groups in total. The van der Waals surface area contributed by atoms with Gasteiger partial charge in [-0.05, 0) is 19.2 Å². The first kappa shape index (κ1) is 19.9. The highest BCUT2D eigenvalue weighted by atomic mass is 16.5. The summed E-state index contributed by atoms with van der Waals surface area (Å²) >= 11 is 0. The minimum absolute atomic E-state index is 0.690. The quantitative estimate of drug-likeness (QED) is 0.492. The third kappa shape index (κ3) is 3.75. The van der Waals surface area contributed by atoms with Crippen LogP contribution in [0.25, 0.3) is 33.2 Å². The second kappa shape index (κ2) is 8.60. The second-order valence-corrected chi connectivity index (χ2v) is 7.74. The number of aromatic nitrogens is 6. The molecule has 1 aromatic carbocycles. The summed E-state index contributed by atoms with van der Waals surface area (Å²) in [6.45, 7) is 11.1. The molecule has 0 saturated carbocycles. The maximum absolute atomic E-state index is 5.54. The Kier molecular flexibility index (Phi) is 5.52. The monoisotopic (exact) mass is 420 g/mol. The summed E-state index contributed by atoms with van der Waals surface area (Å²) in [6, 6.07) is 6.15. The molecule has 0 unspecified atom stereocenters. The van der Waals surface area contributed by atoms with Gasteiger partial charge < -0.3 is 14.5 Å². The van der Waals surface area contributed by atoms with Gasteiger partial charge in [-0.25, -0.2) is 9.67 Å². The maximum atomic E-state index is 5.54. The van der Waals surface area contributed by atoms with Crippen LogP contribution < -0.4 is 4.90 Å². The van der Waals surface area contributed by atoms with Gasteiger partial charge in [0.25, 0.3) is 0 Å². The average molecular weight is 421 g/mol. The molecule has 1 saturated heterocycles. The van der Waals surface area contributed by atoms with Crippen molar-refractivity contribution in [1.29, 1.82) is 0 Å². The molecule has 1 fully saturated rings. The Labute approximate surface area is 181 Å². The van der Waals surface area contributed by atoms with E-state index >= 15 is 0 Å². The van der Waals surface area contributed by atoms with Gasteiger partial charge in [0.15, 0.2) is 5.65 Å². The predicted molar refractivity (Wildman–Crippen MR) is 121 cm³/mol. The fourth-order valence-electron chi connectivity index (χ4n) is 4.17. The summed E-state index contributed by atoms with van der Waals surface area (Å²) in [7, 11) is 0. The lowest BCUT2D eigenvalue weighted by Crippen LogP contribution is -2.37. The van der Waals surface area contributed by atoms with E-state index in [9.17, 15) is 0 Å². The van der Waals surface area contributed by atoms with Crippen molar-refractivity contribution in [3.05, 3.63) is 30.6 Å². The first-order valence-corrected chi connectivity index (χ1v) is 11.0. The summed E-state index contributed by atoms with van der Waals surface area (Å²) in [5, 5.41) is 14.0. The molecule has 0 radical (unpaired) electrons. The van der Waals surface area contributed by atoms with Crippen molar-refractivity contribution < 1.29 is 4.74 Å². The number of hydrogen-bond donors (Lipinski definition) is 1. The van der Waals surface area contributed by atoms with Crippen LogP contribution in [0, 0.1) is 0 Å². The summed E-state index contributed by atoms with van der Waals surface area (Å²) in [5.41, 5.74) is 3.80. The zero-order chi connectivity index (χ0) is 21.2. The number of hydrogen-bond acceptors (Lipinski definition) is 7. The Balaban J connectivity index is 1.64. The Morgan fingerprint density at radius 3 is 2.71 bits per heavy atom. The van der Waals surface area contributed by atoms with E-state index in [4.69, 9.17) is 19.8 Å². The number of nitrogens with one attached hydrogen (secondary N) is 1. The largest absolute Gasteiger partial charge is 0.378 e. The SMILES string of the molecule is CCN(CC)CCn1ncc2c(-c3cccc4[nH]ncc34)nc(N3CCOCC3)nc21. The third-order valence-corrected chi connectivity index (χ3v) is 6.04. The third-order valence-electron chi connectivity index (χ3n) is 6.04. The van der Waals surface area contributed by atoms with E-state index in [0.717, 1.165) is 78.4 Å². The molecule has 0 spiro atoms. The van der Waals surface area contributed by atoms with Crippen molar-refractivity contribution in [2.24, 2.45) is 0 Å². The van der Waals surface area contributed by atoms with Gasteiger partial charge in [-0.3, -0.25) is 5.10 Å². The molecule has 9 nitrogen and oxygen atoms in total. The highest BCUT2D eigenvalue weighted by molar-refractivity contribution is 6.01. The van der Waals surface area contributed by atoms with Crippen molar-refractivity contribution >= 4 is 27.9 Å². The number of H-pyrrole nitrogens is 1. The van der Waals surface area contributed by atoms with Crippen LogP contribution >= 0.6 is 0 Å². The topological polar surface area (TPSA) is 88.0 Å². The number of likely N-dealkylation sites (N-methyl/N-ethyl adjacent to an activating group) is 1. The summed E-state index contributed by atoms with van der Waals surface area (Å²) in [4.78, 5) is 14.6. The van der Waals surface area contributed by atoms with E-state index in [-0.39, 0.29) is 0 Å². The molecular weight excluding hydrogens is 392 g/mol. The van der Waals surface area contributed by atoms with Gasteiger partial charge in [0, 0.05) is 30.6 Å². The van der Waals surface area contributed by atoms with E-state index < -0.39 is 0 Å². The summed E-state index contributed by atoms with van der Waals surface area (Å²) < 4.78 is 7.55. The van der Waals surface area contributed by atoms with Gasteiger partial charge >= 0.3 is 0 Å². The summed E-state index contributed by atoms with van der Waals surface area (Å²) in [5.74, 6) is 0.732. The van der Waals surface area contributed by atoms with Crippen LogP contribution in [0.5, 0.6) is 0 Å². The molecule has 0 aliphatic carbocycles. The Hall–Kier alpha value is -3.04.